The van der Waals surface area contributed by atoms with Crippen LogP contribution in [0.4, 0.5) is 4.79 Å². The number of carbonyl (C=O) groups excluding carboxylic acids is 1. The van der Waals surface area contributed by atoms with Crippen molar-refractivity contribution in [2.24, 2.45) is 5.92 Å². The molecule has 1 aromatic rings. The Morgan fingerprint density at radius 1 is 1.50 bits per heavy atom. The van der Waals surface area contributed by atoms with Crippen LogP contribution in [-0.2, 0) is 11.3 Å². The second-order valence-corrected chi connectivity index (χ2v) is 4.87. The minimum Gasteiger partial charge on any atom is -0.480 e. The van der Waals surface area contributed by atoms with Gasteiger partial charge in [-0.15, -0.1) is 0 Å². The van der Waals surface area contributed by atoms with Crippen molar-refractivity contribution in [3.05, 3.63) is 30.1 Å². The Labute approximate surface area is 118 Å². The van der Waals surface area contributed by atoms with E-state index in [0.29, 0.717) is 13.0 Å². The number of pyridine rings is 1. The number of nitrogens with one attached hydrogen (secondary N) is 1. The van der Waals surface area contributed by atoms with Crippen LogP contribution in [0.3, 0.4) is 0 Å². The number of amides is 2. The standard InChI is InChI=1S/C14H21N3O3/c1-4-10(2)12(13(18)19)16-14(20)17(3)9-11-6-5-7-15-8-11/h5-8,10,12H,4,9H2,1-3H3,(H,16,20)(H,18,19)/t10-,12-/m0/s1. The van der Waals surface area contributed by atoms with Crippen molar-refractivity contribution in [3.63, 3.8) is 0 Å². The number of urea groups is 1. The number of aromatic nitrogens is 1. The van der Waals surface area contributed by atoms with Gasteiger partial charge in [-0.05, 0) is 17.5 Å². The minimum atomic E-state index is -1.01. The van der Waals surface area contributed by atoms with Crippen LogP contribution in [0.25, 0.3) is 0 Å². The van der Waals surface area contributed by atoms with Crippen molar-refractivity contribution < 1.29 is 14.7 Å². The number of carbonyl (C=O) groups is 2. The summed E-state index contributed by atoms with van der Waals surface area (Å²) < 4.78 is 0. The van der Waals surface area contributed by atoms with E-state index >= 15 is 0 Å². The van der Waals surface area contributed by atoms with Gasteiger partial charge in [0.05, 0.1) is 0 Å². The molecule has 2 amide bonds. The summed E-state index contributed by atoms with van der Waals surface area (Å²) in [5.74, 6) is -1.13. The monoisotopic (exact) mass is 279 g/mol. The zero-order chi connectivity index (χ0) is 15.1. The molecule has 6 heteroatoms. The van der Waals surface area contributed by atoms with E-state index < -0.39 is 18.0 Å². The number of rotatable bonds is 6. The van der Waals surface area contributed by atoms with Crippen LogP contribution in [0, 0.1) is 5.92 Å². The minimum absolute atomic E-state index is 0.122. The molecule has 0 saturated heterocycles. The summed E-state index contributed by atoms with van der Waals surface area (Å²) in [6.45, 7) is 4.08. The highest BCUT2D eigenvalue weighted by Gasteiger charge is 2.26. The first-order valence-electron chi connectivity index (χ1n) is 6.59. The maximum absolute atomic E-state index is 12.0. The summed E-state index contributed by atoms with van der Waals surface area (Å²) in [5.41, 5.74) is 0.889. The van der Waals surface area contributed by atoms with Crippen molar-refractivity contribution in [2.45, 2.75) is 32.9 Å². The number of hydrogen-bond acceptors (Lipinski definition) is 3. The lowest BCUT2D eigenvalue weighted by Crippen LogP contribution is -2.49. The van der Waals surface area contributed by atoms with Crippen molar-refractivity contribution >= 4 is 12.0 Å². The van der Waals surface area contributed by atoms with Gasteiger partial charge in [0.15, 0.2) is 0 Å². The molecule has 0 spiro atoms. The lowest BCUT2D eigenvalue weighted by Gasteiger charge is -2.24. The first kappa shape index (κ1) is 15.9. The van der Waals surface area contributed by atoms with Gasteiger partial charge in [-0.2, -0.15) is 0 Å². The van der Waals surface area contributed by atoms with Crippen molar-refractivity contribution in [1.82, 2.24) is 15.2 Å². The predicted molar refractivity (Wildman–Crippen MR) is 75.1 cm³/mol. The molecule has 1 rings (SSSR count). The molecule has 6 nitrogen and oxygen atoms in total. The van der Waals surface area contributed by atoms with Gasteiger partial charge >= 0.3 is 12.0 Å². The van der Waals surface area contributed by atoms with Crippen LogP contribution in [0.5, 0.6) is 0 Å². The molecule has 0 aliphatic rings. The van der Waals surface area contributed by atoms with E-state index in [4.69, 9.17) is 5.11 Å². The molecule has 0 bridgehead atoms. The molecule has 1 heterocycles. The molecule has 0 radical (unpaired) electrons. The third-order valence-corrected chi connectivity index (χ3v) is 3.25. The van der Waals surface area contributed by atoms with Gasteiger partial charge in [0.1, 0.15) is 6.04 Å². The van der Waals surface area contributed by atoms with Crippen molar-refractivity contribution in [3.8, 4) is 0 Å². The van der Waals surface area contributed by atoms with Crippen LogP contribution in [0.2, 0.25) is 0 Å². The summed E-state index contributed by atoms with van der Waals surface area (Å²) in [5, 5.41) is 11.7. The summed E-state index contributed by atoms with van der Waals surface area (Å²) in [7, 11) is 1.62. The van der Waals surface area contributed by atoms with E-state index in [-0.39, 0.29) is 5.92 Å². The normalized spacial score (nSPS) is 13.3. The third-order valence-electron chi connectivity index (χ3n) is 3.25. The Balaban J connectivity index is 2.62. The summed E-state index contributed by atoms with van der Waals surface area (Å²) in [6.07, 6.45) is 4.02. The molecule has 0 fully saturated rings. The van der Waals surface area contributed by atoms with E-state index in [1.54, 1.807) is 32.4 Å². The molecule has 0 saturated carbocycles. The van der Waals surface area contributed by atoms with Gasteiger partial charge in [-0.3, -0.25) is 4.98 Å². The number of aliphatic carboxylic acids is 1. The molecule has 0 aromatic carbocycles. The van der Waals surface area contributed by atoms with Crippen LogP contribution in [-0.4, -0.2) is 40.1 Å². The van der Waals surface area contributed by atoms with E-state index in [0.717, 1.165) is 5.56 Å². The molecule has 0 aliphatic heterocycles. The van der Waals surface area contributed by atoms with Crippen LogP contribution in [0.1, 0.15) is 25.8 Å². The lowest BCUT2D eigenvalue weighted by molar-refractivity contribution is -0.140. The SMILES string of the molecule is CC[C@H](C)[C@H](NC(=O)N(C)Cc1cccnc1)C(=O)O. The summed E-state index contributed by atoms with van der Waals surface area (Å²) >= 11 is 0. The number of carboxylic acids is 1. The molecule has 2 atom stereocenters. The highest BCUT2D eigenvalue weighted by molar-refractivity contribution is 5.82. The van der Waals surface area contributed by atoms with Gasteiger partial charge < -0.3 is 15.3 Å². The molecule has 20 heavy (non-hydrogen) atoms. The number of hydrogen-bond donors (Lipinski definition) is 2. The van der Waals surface area contributed by atoms with Gasteiger partial charge in [0.25, 0.3) is 0 Å². The Bertz CT molecular complexity index is 450. The number of nitrogens with zero attached hydrogens (tertiary/aromatic N) is 2. The van der Waals surface area contributed by atoms with Gasteiger partial charge in [-0.1, -0.05) is 26.3 Å². The summed E-state index contributed by atoms with van der Waals surface area (Å²) in [4.78, 5) is 28.6. The largest absolute Gasteiger partial charge is 0.480 e. The fourth-order valence-electron chi connectivity index (χ4n) is 1.76. The first-order valence-corrected chi connectivity index (χ1v) is 6.59. The zero-order valence-electron chi connectivity index (χ0n) is 12.0. The smallest absolute Gasteiger partial charge is 0.326 e. The molecule has 2 N–H and O–H groups in total. The third kappa shape index (κ3) is 4.53. The quantitative estimate of drug-likeness (QED) is 0.830. The average molecular weight is 279 g/mol. The molecule has 1 aromatic heterocycles. The Hall–Kier alpha value is -2.11. The molecule has 110 valence electrons. The maximum atomic E-state index is 12.0. The summed E-state index contributed by atoms with van der Waals surface area (Å²) in [6, 6.07) is 2.38. The average Bonchev–Trinajstić information content (AvgIpc) is 2.44. The lowest BCUT2D eigenvalue weighted by atomic mass is 9.99. The Morgan fingerprint density at radius 2 is 2.20 bits per heavy atom. The van der Waals surface area contributed by atoms with Crippen molar-refractivity contribution in [1.29, 1.82) is 0 Å². The predicted octanol–water partition coefficient (Wildman–Crippen LogP) is 1.72. The van der Waals surface area contributed by atoms with E-state index in [1.807, 2.05) is 13.0 Å². The molecule has 0 aliphatic carbocycles. The second-order valence-electron chi connectivity index (χ2n) is 4.87. The highest BCUT2D eigenvalue weighted by atomic mass is 16.4. The van der Waals surface area contributed by atoms with E-state index in [2.05, 4.69) is 10.3 Å². The molecular formula is C14H21N3O3. The zero-order valence-corrected chi connectivity index (χ0v) is 12.0. The van der Waals surface area contributed by atoms with E-state index in [9.17, 15) is 9.59 Å². The van der Waals surface area contributed by atoms with Gasteiger partial charge in [0, 0.05) is 26.0 Å². The van der Waals surface area contributed by atoms with Crippen LogP contribution >= 0.6 is 0 Å². The van der Waals surface area contributed by atoms with Gasteiger partial charge in [-0.25, -0.2) is 9.59 Å². The topological polar surface area (TPSA) is 82.5 Å². The van der Waals surface area contributed by atoms with Crippen LogP contribution in [0.15, 0.2) is 24.5 Å². The van der Waals surface area contributed by atoms with E-state index in [1.165, 1.54) is 4.90 Å². The fraction of sp³-hybridized carbons (Fsp3) is 0.500. The van der Waals surface area contributed by atoms with Crippen LogP contribution < -0.4 is 5.32 Å². The maximum Gasteiger partial charge on any atom is 0.326 e. The first-order chi connectivity index (χ1) is 9.45. The van der Waals surface area contributed by atoms with Gasteiger partial charge in [0.2, 0.25) is 0 Å². The van der Waals surface area contributed by atoms with Crippen molar-refractivity contribution in [2.75, 3.05) is 7.05 Å². The fourth-order valence-corrected chi connectivity index (χ4v) is 1.76. The number of carboxylic acid groups (broad SMARTS) is 1. The second kappa shape index (κ2) is 7.47. The Morgan fingerprint density at radius 3 is 2.70 bits per heavy atom. The highest BCUT2D eigenvalue weighted by Crippen LogP contribution is 2.09. The Kier molecular flexibility index (Phi) is 5.96. The molecule has 0 unspecified atom stereocenters. The molecular weight excluding hydrogens is 258 g/mol.